The maximum atomic E-state index is 4.35. The summed E-state index contributed by atoms with van der Waals surface area (Å²) in [5.41, 5.74) is 4.04. The van der Waals surface area contributed by atoms with E-state index in [4.69, 9.17) is 0 Å². The van der Waals surface area contributed by atoms with Crippen molar-refractivity contribution >= 4 is 0 Å². The van der Waals surface area contributed by atoms with Crippen molar-refractivity contribution in [2.45, 2.75) is 27.2 Å². The van der Waals surface area contributed by atoms with Gasteiger partial charge in [0, 0.05) is 18.0 Å². The molecule has 0 atom stereocenters. The first-order valence-corrected chi connectivity index (χ1v) is 6.04. The molecule has 1 aromatic heterocycles. The zero-order chi connectivity index (χ0) is 12.3. The Morgan fingerprint density at radius 3 is 2.29 bits per heavy atom. The molecule has 1 heterocycles. The lowest BCUT2D eigenvalue weighted by molar-refractivity contribution is 0.411. The SMILES string of the molecule is CC(C)(C)Cc1cncc(-c2ccccc2)c1. The molecule has 1 aromatic carbocycles. The van der Waals surface area contributed by atoms with Crippen molar-refractivity contribution in [2.24, 2.45) is 5.41 Å². The monoisotopic (exact) mass is 225 g/mol. The molecule has 1 heteroatoms. The van der Waals surface area contributed by atoms with Gasteiger partial charge in [-0.2, -0.15) is 0 Å². The Bertz CT molecular complexity index is 480. The molecule has 0 aliphatic rings. The Hall–Kier alpha value is -1.63. The van der Waals surface area contributed by atoms with Crippen LogP contribution >= 0.6 is 0 Å². The first-order valence-electron chi connectivity index (χ1n) is 6.04. The molecule has 0 bridgehead atoms. The summed E-state index contributed by atoms with van der Waals surface area (Å²) in [6.07, 6.45) is 4.96. The lowest BCUT2D eigenvalue weighted by Gasteiger charge is -2.18. The highest BCUT2D eigenvalue weighted by atomic mass is 14.6. The van der Waals surface area contributed by atoms with Crippen LogP contribution in [0.3, 0.4) is 0 Å². The van der Waals surface area contributed by atoms with Crippen molar-refractivity contribution in [1.29, 1.82) is 0 Å². The van der Waals surface area contributed by atoms with E-state index in [9.17, 15) is 0 Å². The van der Waals surface area contributed by atoms with Crippen LogP contribution in [0.15, 0.2) is 48.8 Å². The van der Waals surface area contributed by atoms with Gasteiger partial charge in [0.2, 0.25) is 0 Å². The summed E-state index contributed by atoms with van der Waals surface area (Å²) in [5.74, 6) is 0. The third-order valence-corrected chi connectivity index (χ3v) is 2.64. The van der Waals surface area contributed by atoms with E-state index in [0.29, 0.717) is 5.41 Å². The van der Waals surface area contributed by atoms with Crippen LogP contribution in [-0.4, -0.2) is 4.98 Å². The average Bonchev–Trinajstić information content (AvgIpc) is 2.28. The molecule has 0 saturated heterocycles. The second-order valence-electron chi connectivity index (χ2n) is 5.69. The quantitative estimate of drug-likeness (QED) is 0.741. The summed E-state index contributed by atoms with van der Waals surface area (Å²) in [6, 6.07) is 12.6. The molecule has 0 fully saturated rings. The molecule has 0 aliphatic heterocycles. The van der Waals surface area contributed by atoms with Gasteiger partial charge in [-0.05, 0) is 29.0 Å². The second kappa shape index (κ2) is 4.70. The summed E-state index contributed by atoms with van der Waals surface area (Å²) < 4.78 is 0. The predicted molar refractivity (Wildman–Crippen MR) is 72.8 cm³/mol. The Labute approximate surface area is 104 Å². The van der Waals surface area contributed by atoms with E-state index in [1.807, 2.05) is 18.5 Å². The summed E-state index contributed by atoms with van der Waals surface area (Å²) in [4.78, 5) is 4.35. The number of benzene rings is 1. The predicted octanol–water partition coefficient (Wildman–Crippen LogP) is 4.34. The number of hydrogen-bond acceptors (Lipinski definition) is 1. The molecule has 2 aromatic rings. The van der Waals surface area contributed by atoms with E-state index in [0.717, 1.165) is 6.42 Å². The third-order valence-electron chi connectivity index (χ3n) is 2.64. The Kier molecular flexibility index (Phi) is 3.28. The maximum absolute atomic E-state index is 4.35. The maximum Gasteiger partial charge on any atom is 0.0346 e. The largest absolute Gasteiger partial charge is 0.264 e. The van der Waals surface area contributed by atoms with Crippen molar-refractivity contribution in [3.8, 4) is 11.1 Å². The fourth-order valence-electron chi connectivity index (χ4n) is 1.99. The number of nitrogens with zero attached hydrogens (tertiary/aromatic N) is 1. The molecule has 0 aliphatic carbocycles. The fourth-order valence-corrected chi connectivity index (χ4v) is 1.99. The molecule has 17 heavy (non-hydrogen) atoms. The van der Waals surface area contributed by atoms with E-state index in [2.05, 4.69) is 56.1 Å². The highest BCUT2D eigenvalue weighted by molar-refractivity contribution is 5.62. The van der Waals surface area contributed by atoms with E-state index in [-0.39, 0.29) is 0 Å². The van der Waals surface area contributed by atoms with Crippen molar-refractivity contribution in [1.82, 2.24) is 4.98 Å². The zero-order valence-corrected chi connectivity index (χ0v) is 10.8. The molecule has 0 amide bonds. The van der Waals surface area contributed by atoms with Crippen LogP contribution in [0.2, 0.25) is 0 Å². The summed E-state index contributed by atoms with van der Waals surface area (Å²) in [7, 11) is 0. The van der Waals surface area contributed by atoms with Crippen LogP contribution in [-0.2, 0) is 6.42 Å². The summed E-state index contributed by atoms with van der Waals surface area (Å²) in [6.45, 7) is 6.76. The Morgan fingerprint density at radius 1 is 0.941 bits per heavy atom. The molecular weight excluding hydrogens is 206 g/mol. The van der Waals surface area contributed by atoms with E-state index >= 15 is 0 Å². The van der Waals surface area contributed by atoms with Gasteiger partial charge in [-0.1, -0.05) is 51.1 Å². The number of hydrogen-bond donors (Lipinski definition) is 0. The van der Waals surface area contributed by atoms with Gasteiger partial charge in [0.25, 0.3) is 0 Å². The highest BCUT2D eigenvalue weighted by Gasteiger charge is 2.11. The van der Waals surface area contributed by atoms with Crippen LogP contribution in [0, 0.1) is 5.41 Å². The lowest BCUT2D eigenvalue weighted by Crippen LogP contribution is -2.09. The molecular formula is C16H19N. The van der Waals surface area contributed by atoms with Gasteiger partial charge in [-0.25, -0.2) is 0 Å². The van der Waals surface area contributed by atoms with E-state index < -0.39 is 0 Å². The molecule has 1 nitrogen and oxygen atoms in total. The second-order valence-corrected chi connectivity index (χ2v) is 5.69. The minimum atomic E-state index is 0.303. The molecule has 0 spiro atoms. The molecule has 0 N–H and O–H groups in total. The molecule has 88 valence electrons. The number of pyridine rings is 1. The van der Waals surface area contributed by atoms with Crippen LogP contribution in [0.1, 0.15) is 26.3 Å². The van der Waals surface area contributed by atoms with Gasteiger partial charge in [0.15, 0.2) is 0 Å². The van der Waals surface area contributed by atoms with Gasteiger partial charge in [0.05, 0.1) is 0 Å². The Morgan fingerprint density at radius 2 is 1.65 bits per heavy atom. The minimum absolute atomic E-state index is 0.303. The first-order chi connectivity index (χ1) is 8.04. The third kappa shape index (κ3) is 3.42. The molecule has 0 radical (unpaired) electrons. The van der Waals surface area contributed by atoms with Gasteiger partial charge < -0.3 is 0 Å². The van der Waals surface area contributed by atoms with Crippen molar-refractivity contribution in [3.05, 3.63) is 54.4 Å². The standard InChI is InChI=1S/C16H19N/c1-16(2,3)10-13-9-15(12-17-11-13)14-7-5-4-6-8-14/h4-9,11-12H,10H2,1-3H3. The van der Waals surface area contributed by atoms with Crippen LogP contribution < -0.4 is 0 Å². The van der Waals surface area contributed by atoms with Crippen LogP contribution in [0.5, 0.6) is 0 Å². The summed E-state index contributed by atoms with van der Waals surface area (Å²) >= 11 is 0. The normalized spacial score (nSPS) is 11.5. The smallest absolute Gasteiger partial charge is 0.0346 e. The number of rotatable bonds is 2. The molecule has 2 rings (SSSR count). The van der Waals surface area contributed by atoms with E-state index in [1.54, 1.807) is 0 Å². The topological polar surface area (TPSA) is 12.9 Å². The molecule has 0 unspecified atom stereocenters. The lowest BCUT2D eigenvalue weighted by atomic mass is 9.88. The average molecular weight is 225 g/mol. The van der Waals surface area contributed by atoms with Gasteiger partial charge in [0.1, 0.15) is 0 Å². The summed E-state index contributed by atoms with van der Waals surface area (Å²) in [5, 5.41) is 0. The highest BCUT2D eigenvalue weighted by Crippen LogP contribution is 2.24. The van der Waals surface area contributed by atoms with Gasteiger partial charge >= 0.3 is 0 Å². The van der Waals surface area contributed by atoms with Crippen molar-refractivity contribution in [2.75, 3.05) is 0 Å². The minimum Gasteiger partial charge on any atom is -0.264 e. The van der Waals surface area contributed by atoms with Gasteiger partial charge in [-0.15, -0.1) is 0 Å². The fraction of sp³-hybridized carbons (Fsp3) is 0.312. The molecule has 0 saturated carbocycles. The first kappa shape index (κ1) is 11.8. The van der Waals surface area contributed by atoms with E-state index in [1.165, 1.54) is 16.7 Å². The zero-order valence-electron chi connectivity index (χ0n) is 10.8. The van der Waals surface area contributed by atoms with Crippen LogP contribution in [0.25, 0.3) is 11.1 Å². The number of aromatic nitrogens is 1. The van der Waals surface area contributed by atoms with Crippen molar-refractivity contribution < 1.29 is 0 Å². The van der Waals surface area contributed by atoms with Crippen LogP contribution in [0.4, 0.5) is 0 Å². The van der Waals surface area contributed by atoms with Crippen molar-refractivity contribution in [3.63, 3.8) is 0 Å². The van der Waals surface area contributed by atoms with Gasteiger partial charge in [-0.3, -0.25) is 4.98 Å². The Balaban J connectivity index is 2.29.